The minimum Gasteiger partial charge on any atom is -0.447 e. The second-order valence-electron chi connectivity index (χ2n) is 5.75. The molecular formula is C18H16FIN2O4. The standard InChI is InChI=1S/C18H16FIN2O4/c1-9-11(15(24)7-23)8-26-18-17(9)14(6-16(25)22(18)2)21-13-4-3-10(20)5-12(13)19/h3-6,8,15,21,23-24H,1,7H2,2H3/t15-/m1/s1. The number of fused-ring (bicyclic) bond motifs is 1. The number of aromatic nitrogens is 1. The molecule has 0 fully saturated rings. The number of anilines is 2. The zero-order valence-corrected chi connectivity index (χ0v) is 15.9. The van der Waals surface area contributed by atoms with Crippen LogP contribution < -0.4 is 15.6 Å². The lowest BCUT2D eigenvalue weighted by molar-refractivity contribution is 0.123. The average molecular weight is 470 g/mol. The number of ether oxygens (including phenoxy) is 1. The summed E-state index contributed by atoms with van der Waals surface area (Å²) in [5.74, 6) is -0.260. The molecule has 8 heteroatoms. The Balaban J connectivity index is 2.13. The Bertz CT molecular complexity index is 984. The van der Waals surface area contributed by atoms with Gasteiger partial charge >= 0.3 is 0 Å². The fraction of sp³-hybridized carbons (Fsp3) is 0.167. The third-order valence-electron chi connectivity index (χ3n) is 4.07. The zero-order chi connectivity index (χ0) is 19.0. The van der Waals surface area contributed by atoms with Crippen molar-refractivity contribution in [2.75, 3.05) is 11.9 Å². The summed E-state index contributed by atoms with van der Waals surface area (Å²) in [6, 6.07) is 5.96. The van der Waals surface area contributed by atoms with Crippen molar-refractivity contribution < 1.29 is 19.3 Å². The van der Waals surface area contributed by atoms with Crippen molar-refractivity contribution in [3.05, 3.63) is 68.0 Å². The monoisotopic (exact) mass is 470 g/mol. The summed E-state index contributed by atoms with van der Waals surface area (Å²) in [7, 11) is 1.53. The molecule has 26 heavy (non-hydrogen) atoms. The molecule has 2 heterocycles. The van der Waals surface area contributed by atoms with Crippen molar-refractivity contribution in [2.45, 2.75) is 6.10 Å². The molecule has 0 aliphatic carbocycles. The molecule has 0 spiro atoms. The quantitative estimate of drug-likeness (QED) is 0.599. The number of aliphatic hydroxyl groups excluding tert-OH is 2. The fourth-order valence-corrected chi connectivity index (χ4v) is 3.11. The van der Waals surface area contributed by atoms with Gasteiger partial charge in [0.1, 0.15) is 11.9 Å². The van der Waals surface area contributed by atoms with Crippen LogP contribution in [-0.4, -0.2) is 27.5 Å². The van der Waals surface area contributed by atoms with Gasteiger partial charge in [0, 0.05) is 22.3 Å². The molecule has 1 aliphatic heterocycles. The summed E-state index contributed by atoms with van der Waals surface area (Å²) in [6.07, 6.45) is 0.0658. The topological polar surface area (TPSA) is 83.7 Å². The van der Waals surface area contributed by atoms with E-state index in [1.54, 1.807) is 12.1 Å². The first-order valence-electron chi connectivity index (χ1n) is 7.65. The van der Waals surface area contributed by atoms with Crippen LogP contribution in [0.4, 0.5) is 15.8 Å². The van der Waals surface area contributed by atoms with E-state index in [-0.39, 0.29) is 22.7 Å². The van der Waals surface area contributed by atoms with Gasteiger partial charge in [-0.25, -0.2) is 4.39 Å². The van der Waals surface area contributed by atoms with Gasteiger partial charge in [-0.2, -0.15) is 0 Å². The van der Waals surface area contributed by atoms with Crippen LogP contribution in [0.15, 0.2) is 47.5 Å². The third kappa shape index (κ3) is 3.27. The van der Waals surface area contributed by atoms with E-state index in [9.17, 15) is 19.4 Å². The van der Waals surface area contributed by atoms with Crippen LogP contribution in [0.2, 0.25) is 0 Å². The largest absolute Gasteiger partial charge is 0.447 e. The zero-order valence-electron chi connectivity index (χ0n) is 13.8. The molecule has 6 nitrogen and oxygen atoms in total. The summed E-state index contributed by atoms with van der Waals surface area (Å²) in [6.45, 7) is 3.44. The molecular weight excluding hydrogens is 454 g/mol. The lowest BCUT2D eigenvalue weighted by Gasteiger charge is -2.26. The maximum absolute atomic E-state index is 14.2. The molecule has 0 amide bonds. The number of hydrogen-bond donors (Lipinski definition) is 3. The SMILES string of the molecule is C=C1C([C@H](O)CO)=COc2c1c(Nc1ccc(I)cc1F)cc(=O)n2C. The van der Waals surface area contributed by atoms with E-state index in [0.717, 1.165) is 3.57 Å². The van der Waals surface area contributed by atoms with Gasteiger partial charge in [-0.1, -0.05) is 6.58 Å². The lowest BCUT2D eigenvalue weighted by Crippen LogP contribution is -2.25. The van der Waals surface area contributed by atoms with Gasteiger partial charge in [-0.15, -0.1) is 0 Å². The number of nitrogens with zero attached hydrogens (tertiary/aromatic N) is 1. The van der Waals surface area contributed by atoms with E-state index in [4.69, 9.17) is 4.74 Å². The van der Waals surface area contributed by atoms with Gasteiger partial charge in [0.25, 0.3) is 5.56 Å². The van der Waals surface area contributed by atoms with E-state index >= 15 is 0 Å². The van der Waals surface area contributed by atoms with Gasteiger partial charge < -0.3 is 20.3 Å². The van der Waals surface area contributed by atoms with Crippen LogP contribution in [0, 0.1) is 9.39 Å². The Morgan fingerprint density at radius 1 is 1.38 bits per heavy atom. The second kappa shape index (κ2) is 7.22. The van der Waals surface area contributed by atoms with E-state index in [0.29, 0.717) is 16.8 Å². The second-order valence-corrected chi connectivity index (χ2v) is 7.00. The summed E-state index contributed by atoms with van der Waals surface area (Å²) in [5.41, 5.74) is 1.19. The molecule has 0 saturated carbocycles. The van der Waals surface area contributed by atoms with Crippen LogP contribution in [-0.2, 0) is 7.05 Å². The fourth-order valence-electron chi connectivity index (χ4n) is 2.65. The van der Waals surface area contributed by atoms with Crippen LogP contribution in [0.5, 0.6) is 5.88 Å². The average Bonchev–Trinajstić information content (AvgIpc) is 2.60. The predicted molar refractivity (Wildman–Crippen MR) is 105 cm³/mol. The molecule has 3 rings (SSSR count). The van der Waals surface area contributed by atoms with Crippen molar-refractivity contribution in [3.63, 3.8) is 0 Å². The van der Waals surface area contributed by atoms with Crippen LogP contribution >= 0.6 is 22.6 Å². The van der Waals surface area contributed by atoms with Gasteiger partial charge in [-0.3, -0.25) is 9.36 Å². The Morgan fingerprint density at radius 3 is 2.77 bits per heavy atom. The van der Waals surface area contributed by atoms with Gasteiger partial charge in [0.05, 0.1) is 29.8 Å². The number of aliphatic hydroxyl groups is 2. The number of rotatable bonds is 4. The molecule has 1 aliphatic rings. The molecule has 1 atom stereocenters. The van der Waals surface area contributed by atoms with E-state index in [1.165, 1.54) is 30.0 Å². The van der Waals surface area contributed by atoms with Crippen molar-refractivity contribution in [3.8, 4) is 5.88 Å². The molecule has 0 bridgehead atoms. The Morgan fingerprint density at radius 2 is 2.12 bits per heavy atom. The van der Waals surface area contributed by atoms with Crippen LogP contribution in [0.25, 0.3) is 5.57 Å². The number of hydrogen-bond acceptors (Lipinski definition) is 5. The van der Waals surface area contributed by atoms with Crippen molar-refractivity contribution in [1.29, 1.82) is 0 Å². The predicted octanol–water partition coefficient (Wildman–Crippen LogP) is 2.52. The number of pyridine rings is 1. The summed E-state index contributed by atoms with van der Waals surface area (Å²) in [5, 5.41) is 22.1. The maximum atomic E-state index is 14.2. The minimum absolute atomic E-state index is 0.187. The first kappa shape index (κ1) is 18.6. The highest BCUT2D eigenvalue weighted by Crippen LogP contribution is 2.40. The highest BCUT2D eigenvalue weighted by atomic mass is 127. The first-order valence-corrected chi connectivity index (χ1v) is 8.72. The first-order chi connectivity index (χ1) is 12.3. The molecule has 3 N–H and O–H groups in total. The Labute approximate surface area is 162 Å². The summed E-state index contributed by atoms with van der Waals surface area (Å²) >= 11 is 2.00. The van der Waals surface area contributed by atoms with E-state index in [2.05, 4.69) is 11.9 Å². The highest BCUT2D eigenvalue weighted by Gasteiger charge is 2.27. The number of benzene rings is 1. The van der Waals surface area contributed by atoms with Gasteiger partial charge in [0.15, 0.2) is 0 Å². The third-order valence-corrected chi connectivity index (χ3v) is 4.74. The highest BCUT2D eigenvalue weighted by molar-refractivity contribution is 14.1. The minimum atomic E-state index is -1.18. The Hall–Kier alpha value is -2.17. The molecule has 2 aromatic rings. The van der Waals surface area contributed by atoms with Crippen LogP contribution in [0.3, 0.4) is 0 Å². The Kier molecular flexibility index (Phi) is 5.17. The van der Waals surface area contributed by atoms with Crippen molar-refractivity contribution in [2.24, 2.45) is 7.05 Å². The molecule has 1 aromatic carbocycles. The van der Waals surface area contributed by atoms with E-state index in [1.807, 2.05) is 22.6 Å². The number of halogens is 2. The molecule has 0 radical (unpaired) electrons. The molecule has 0 unspecified atom stereocenters. The molecule has 1 aromatic heterocycles. The van der Waals surface area contributed by atoms with Gasteiger partial charge in [-0.05, 0) is 46.4 Å². The normalized spacial score (nSPS) is 14.3. The van der Waals surface area contributed by atoms with Crippen LogP contribution in [0.1, 0.15) is 5.56 Å². The molecule has 136 valence electrons. The van der Waals surface area contributed by atoms with Gasteiger partial charge in [0.2, 0.25) is 5.88 Å². The lowest BCUT2D eigenvalue weighted by atomic mass is 9.94. The number of nitrogens with one attached hydrogen (secondary N) is 1. The van der Waals surface area contributed by atoms with E-state index < -0.39 is 18.5 Å². The maximum Gasteiger partial charge on any atom is 0.255 e. The van der Waals surface area contributed by atoms with Crippen molar-refractivity contribution in [1.82, 2.24) is 4.57 Å². The molecule has 0 saturated heterocycles. The summed E-state index contributed by atoms with van der Waals surface area (Å²) in [4.78, 5) is 12.2. The smallest absolute Gasteiger partial charge is 0.255 e. The van der Waals surface area contributed by atoms with Crippen molar-refractivity contribution >= 4 is 39.5 Å². The summed E-state index contributed by atoms with van der Waals surface area (Å²) < 4.78 is 21.7.